The number of imide groups is 1. The molecule has 0 saturated carbocycles. The van der Waals surface area contributed by atoms with Crippen LogP contribution in [0, 0.1) is 5.92 Å². The number of allylic oxidation sites excluding steroid dienone is 1. The van der Waals surface area contributed by atoms with E-state index in [0.29, 0.717) is 17.7 Å². The Bertz CT molecular complexity index is 786. The highest BCUT2D eigenvalue weighted by atomic mass is 16.6. The smallest absolute Gasteiger partial charge is 0.419 e. The van der Waals surface area contributed by atoms with E-state index in [9.17, 15) is 14.4 Å². The van der Waals surface area contributed by atoms with Crippen molar-refractivity contribution in [2.45, 2.75) is 66.1 Å². The lowest BCUT2D eigenvalue weighted by Gasteiger charge is -2.29. The molecule has 0 bridgehead atoms. The van der Waals surface area contributed by atoms with Gasteiger partial charge in [-0.05, 0) is 53.9 Å². The molecule has 0 aliphatic carbocycles. The molecule has 9 heteroatoms. The minimum atomic E-state index is -0.782. The number of amides is 2. The van der Waals surface area contributed by atoms with E-state index in [-0.39, 0.29) is 12.5 Å². The van der Waals surface area contributed by atoms with Gasteiger partial charge >= 0.3 is 18.2 Å². The molecule has 1 aromatic rings. The van der Waals surface area contributed by atoms with Gasteiger partial charge in [-0.25, -0.2) is 24.3 Å². The fraction of sp³-hybridized carbons (Fsp3) is 0.636. The Balaban J connectivity index is 3.03. The Kier molecular flexibility index (Phi) is 8.84. The molecule has 0 radical (unpaired) electrons. The minimum Gasteiger partial charge on any atom is -0.465 e. The summed E-state index contributed by atoms with van der Waals surface area (Å²) < 4.78 is 17.3. The van der Waals surface area contributed by atoms with Crippen LogP contribution in [0.5, 0.6) is 0 Å². The fourth-order valence-corrected chi connectivity index (χ4v) is 2.52. The van der Waals surface area contributed by atoms with E-state index < -0.39 is 29.4 Å². The van der Waals surface area contributed by atoms with Crippen LogP contribution in [-0.4, -0.2) is 57.5 Å². The second-order valence-corrected chi connectivity index (χ2v) is 9.45. The first-order chi connectivity index (χ1) is 14.1. The van der Waals surface area contributed by atoms with Gasteiger partial charge < -0.3 is 18.8 Å². The largest absolute Gasteiger partial charge is 0.465 e. The lowest BCUT2D eigenvalue weighted by atomic mass is 10.0. The number of ether oxygens (including phenoxy) is 3. The van der Waals surface area contributed by atoms with Gasteiger partial charge in [-0.2, -0.15) is 0 Å². The molecule has 1 heterocycles. The summed E-state index contributed by atoms with van der Waals surface area (Å²) in [5, 5.41) is 0. The van der Waals surface area contributed by atoms with Gasteiger partial charge in [0.1, 0.15) is 11.2 Å². The zero-order valence-corrected chi connectivity index (χ0v) is 20.0. The molecule has 1 rings (SSSR count). The maximum Gasteiger partial charge on any atom is 0.419 e. The molecular weight excluding hydrogens is 402 g/mol. The quantitative estimate of drug-likeness (QED) is 0.374. The van der Waals surface area contributed by atoms with Crippen LogP contribution < -0.4 is 0 Å². The molecule has 0 saturated heterocycles. The highest BCUT2D eigenvalue weighted by Gasteiger charge is 2.32. The van der Waals surface area contributed by atoms with E-state index in [1.165, 1.54) is 7.11 Å². The number of carbonyl (C=O) groups excluding carboxylic acids is 3. The zero-order valence-electron chi connectivity index (χ0n) is 20.0. The molecule has 0 N–H and O–H groups in total. The summed E-state index contributed by atoms with van der Waals surface area (Å²) in [4.78, 5) is 42.6. The van der Waals surface area contributed by atoms with Gasteiger partial charge in [-0.1, -0.05) is 13.0 Å². The SMILES string of the molecule is COC(=O)/C(=C\CC(C)CN(C(=O)OC(C)(C)C)C(=O)OC(C)(C)C)c1cn(C)cn1. The topological polar surface area (TPSA) is 100.0 Å². The summed E-state index contributed by atoms with van der Waals surface area (Å²) in [5.74, 6) is -0.703. The molecule has 1 atom stereocenters. The average Bonchev–Trinajstić information content (AvgIpc) is 3.02. The van der Waals surface area contributed by atoms with E-state index in [1.807, 2.05) is 6.92 Å². The number of methoxy groups -OCH3 is 1. The molecule has 174 valence electrons. The second-order valence-electron chi connectivity index (χ2n) is 9.45. The second kappa shape index (κ2) is 10.5. The van der Waals surface area contributed by atoms with Crippen molar-refractivity contribution >= 4 is 23.7 Å². The lowest BCUT2D eigenvalue weighted by molar-refractivity contribution is -0.133. The van der Waals surface area contributed by atoms with Gasteiger partial charge in [0.15, 0.2) is 0 Å². The lowest BCUT2D eigenvalue weighted by Crippen LogP contribution is -2.45. The van der Waals surface area contributed by atoms with Crippen molar-refractivity contribution in [3.8, 4) is 0 Å². The van der Waals surface area contributed by atoms with Gasteiger partial charge in [-0.3, -0.25) is 0 Å². The number of hydrogen-bond acceptors (Lipinski definition) is 7. The van der Waals surface area contributed by atoms with Crippen molar-refractivity contribution in [2.24, 2.45) is 13.0 Å². The molecule has 2 amide bonds. The first-order valence-corrected chi connectivity index (χ1v) is 10.1. The molecule has 0 spiro atoms. The predicted molar refractivity (Wildman–Crippen MR) is 116 cm³/mol. The van der Waals surface area contributed by atoms with Crippen molar-refractivity contribution in [1.82, 2.24) is 14.5 Å². The number of imidazole rings is 1. The molecule has 0 fully saturated rings. The van der Waals surface area contributed by atoms with Gasteiger partial charge in [-0.15, -0.1) is 0 Å². The molecule has 9 nitrogen and oxygen atoms in total. The molecule has 31 heavy (non-hydrogen) atoms. The predicted octanol–water partition coefficient (Wildman–Crippen LogP) is 4.17. The number of carbonyl (C=O) groups is 3. The molecule has 0 aliphatic rings. The maximum atomic E-state index is 12.6. The summed E-state index contributed by atoms with van der Waals surface area (Å²) in [6, 6.07) is 0. The molecular formula is C22H35N3O6. The zero-order chi connectivity index (χ0) is 24.0. The van der Waals surface area contributed by atoms with E-state index in [4.69, 9.17) is 14.2 Å². The van der Waals surface area contributed by atoms with E-state index in [0.717, 1.165) is 4.90 Å². The van der Waals surface area contributed by atoms with Crippen LogP contribution in [0.2, 0.25) is 0 Å². The van der Waals surface area contributed by atoms with Crippen LogP contribution in [0.3, 0.4) is 0 Å². The van der Waals surface area contributed by atoms with E-state index >= 15 is 0 Å². The summed E-state index contributed by atoms with van der Waals surface area (Å²) in [5.41, 5.74) is -0.733. The van der Waals surface area contributed by atoms with Gasteiger partial charge in [0.25, 0.3) is 0 Å². The molecule has 1 aromatic heterocycles. The number of esters is 1. The van der Waals surface area contributed by atoms with Crippen molar-refractivity contribution in [2.75, 3.05) is 13.7 Å². The summed E-state index contributed by atoms with van der Waals surface area (Å²) in [6.45, 7) is 12.2. The fourth-order valence-electron chi connectivity index (χ4n) is 2.52. The number of aryl methyl sites for hydroxylation is 1. The monoisotopic (exact) mass is 437 g/mol. The van der Waals surface area contributed by atoms with Gasteiger partial charge in [0.2, 0.25) is 0 Å². The van der Waals surface area contributed by atoms with Crippen molar-refractivity contribution in [3.63, 3.8) is 0 Å². The Hall–Kier alpha value is -2.84. The number of hydrogen-bond donors (Lipinski definition) is 0. The van der Waals surface area contributed by atoms with Crippen molar-refractivity contribution in [3.05, 3.63) is 24.3 Å². The molecule has 0 aliphatic heterocycles. The minimum absolute atomic E-state index is 0.0526. The van der Waals surface area contributed by atoms with Gasteiger partial charge in [0.05, 0.1) is 24.7 Å². The Morgan fingerprint density at radius 3 is 2.00 bits per heavy atom. The Labute approximate surface area is 184 Å². The number of rotatable bonds is 6. The Morgan fingerprint density at radius 1 is 1.10 bits per heavy atom. The average molecular weight is 438 g/mol. The number of nitrogens with zero attached hydrogens (tertiary/aromatic N) is 3. The van der Waals surface area contributed by atoms with Gasteiger partial charge in [0, 0.05) is 19.8 Å². The van der Waals surface area contributed by atoms with Crippen molar-refractivity contribution in [1.29, 1.82) is 0 Å². The summed E-state index contributed by atoms with van der Waals surface area (Å²) in [6.07, 6.45) is 3.82. The third kappa shape index (κ3) is 9.23. The highest BCUT2D eigenvalue weighted by molar-refractivity contribution is 6.15. The van der Waals surface area contributed by atoms with Crippen molar-refractivity contribution < 1.29 is 28.6 Å². The molecule has 1 unspecified atom stereocenters. The molecule has 0 aromatic carbocycles. The third-order valence-corrected chi connectivity index (χ3v) is 3.83. The standard InChI is InChI=1S/C22H35N3O6/c1-15(10-11-16(18(26)29-9)17-13-24(8)14-23-17)12-25(19(27)30-21(2,3)4)20(28)31-22(5,6)7/h11,13-15H,10,12H2,1-9H3/b16-11-. The summed E-state index contributed by atoms with van der Waals surface area (Å²) in [7, 11) is 3.10. The van der Waals surface area contributed by atoms with Crippen LogP contribution in [0.4, 0.5) is 9.59 Å². The highest BCUT2D eigenvalue weighted by Crippen LogP contribution is 2.20. The normalized spacial score (nSPS) is 13.4. The van der Waals surface area contributed by atoms with Crippen LogP contribution in [-0.2, 0) is 26.1 Å². The maximum absolute atomic E-state index is 12.6. The van der Waals surface area contributed by atoms with Crippen LogP contribution in [0.1, 0.15) is 60.6 Å². The van der Waals surface area contributed by atoms with Crippen LogP contribution in [0.15, 0.2) is 18.6 Å². The summed E-state index contributed by atoms with van der Waals surface area (Å²) >= 11 is 0. The Morgan fingerprint density at radius 2 is 1.61 bits per heavy atom. The first-order valence-electron chi connectivity index (χ1n) is 10.1. The van der Waals surface area contributed by atoms with Crippen LogP contribution in [0.25, 0.3) is 5.57 Å². The third-order valence-electron chi connectivity index (χ3n) is 3.83. The van der Waals surface area contributed by atoms with E-state index in [1.54, 1.807) is 71.8 Å². The first kappa shape index (κ1) is 26.2. The number of aromatic nitrogens is 2. The van der Waals surface area contributed by atoms with Crippen LogP contribution >= 0.6 is 0 Å². The van der Waals surface area contributed by atoms with E-state index in [2.05, 4.69) is 4.98 Å².